The molecular weight excluding hydrogens is 346 g/mol. The minimum absolute atomic E-state index is 0.210. The number of nitrogens with one attached hydrogen (secondary N) is 2. The lowest BCUT2D eigenvalue weighted by Crippen LogP contribution is -2.41. The van der Waals surface area contributed by atoms with Crippen molar-refractivity contribution in [3.8, 4) is 11.5 Å². The standard InChI is InChI=1S/C19H19N5O3/c1-2-16(25)27-13-7-5-9-24(11-13)18-14-8-4-3-6-12(14)10-15(20-18)17-21-19(26)23-22-17/h2-4,6,8,10,13H,1,5,7,9,11H2,(H2,21,22,23,26). The predicted octanol–water partition coefficient (Wildman–Crippen LogP) is 2.01. The highest BCUT2D eigenvalue weighted by Gasteiger charge is 2.25. The van der Waals surface area contributed by atoms with Crippen molar-refractivity contribution >= 4 is 22.6 Å². The molecule has 27 heavy (non-hydrogen) atoms. The lowest BCUT2D eigenvalue weighted by atomic mass is 10.1. The first kappa shape index (κ1) is 17.0. The van der Waals surface area contributed by atoms with Gasteiger partial charge in [0, 0.05) is 18.0 Å². The number of carbonyl (C=O) groups is 1. The maximum Gasteiger partial charge on any atom is 0.340 e. The molecule has 1 aliphatic heterocycles. The Hall–Kier alpha value is -3.42. The largest absolute Gasteiger partial charge is 0.457 e. The van der Waals surface area contributed by atoms with Crippen LogP contribution >= 0.6 is 0 Å². The van der Waals surface area contributed by atoms with Crippen molar-refractivity contribution in [1.82, 2.24) is 20.2 Å². The molecule has 0 spiro atoms. The zero-order valence-corrected chi connectivity index (χ0v) is 14.6. The lowest BCUT2D eigenvalue weighted by Gasteiger charge is -2.33. The summed E-state index contributed by atoms with van der Waals surface area (Å²) in [5.74, 6) is 0.757. The highest BCUT2D eigenvalue weighted by molar-refractivity contribution is 5.94. The molecule has 4 rings (SSSR count). The van der Waals surface area contributed by atoms with Crippen molar-refractivity contribution in [2.24, 2.45) is 0 Å². The van der Waals surface area contributed by atoms with Crippen LogP contribution in [-0.4, -0.2) is 45.3 Å². The summed E-state index contributed by atoms with van der Waals surface area (Å²) in [6.07, 6.45) is 2.66. The van der Waals surface area contributed by atoms with Gasteiger partial charge in [-0.15, -0.1) is 0 Å². The van der Waals surface area contributed by atoms with E-state index in [1.807, 2.05) is 30.3 Å². The van der Waals surface area contributed by atoms with Crippen LogP contribution in [0.25, 0.3) is 22.3 Å². The molecule has 2 aromatic heterocycles. The third-order valence-electron chi connectivity index (χ3n) is 4.59. The van der Waals surface area contributed by atoms with E-state index in [4.69, 9.17) is 9.72 Å². The second-order valence-corrected chi connectivity index (χ2v) is 6.43. The Morgan fingerprint density at radius 3 is 3.00 bits per heavy atom. The summed E-state index contributed by atoms with van der Waals surface area (Å²) in [5.41, 5.74) is 0.197. The Morgan fingerprint density at radius 1 is 1.37 bits per heavy atom. The molecule has 1 unspecified atom stereocenters. The van der Waals surface area contributed by atoms with Gasteiger partial charge in [0.05, 0.1) is 6.54 Å². The molecule has 1 aromatic carbocycles. The molecule has 3 aromatic rings. The van der Waals surface area contributed by atoms with Crippen molar-refractivity contribution in [3.05, 3.63) is 53.5 Å². The summed E-state index contributed by atoms with van der Waals surface area (Å²) in [5, 5.41) is 8.35. The number of aromatic nitrogens is 4. The Balaban J connectivity index is 1.74. The van der Waals surface area contributed by atoms with Crippen molar-refractivity contribution in [1.29, 1.82) is 0 Å². The molecule has 1 fully saturated rings. The third-order valence-corrected chi connectivity index (χ3v) is 4.59. The van der Waals surface area contributed by atoms with Crippen LogP contribution in [0.4, 0.5) is 5.82 Å². The number of benzene rings is 1. The van der Waals surface area contributed by atoms with Crippen molar-refractivity contribution in [2.75, 3.05) is 18.0 Å². The molecule has 0 amide bonds. The Bertz CT molecular complexity index is 1050. The minimum Gasteiger partial charge on any atom is -0.457 e. The number of hydrogen-bond donors (Lipinski definition) is 2. The second-order valence-electron chi connectivity index (χ2n) is 6.43. The second kappa shape index (κ2) is 7.06. The van der Waals surface area contributed by atoms with E-state index in [0.29, 0.717) is 18.1 Å². The average Bonchev–Trinajstić information content (AvgIpc) is 3.13. The van der Waals surface area contributed by atoms with Crippen LogP contribution in [0.5, 0.6) is 0 Å². The van der Waals surface area contributed by atoms with E-state index in [1.165, 1.54) is 6.08 Å². The SMILES string of the molecule is C=CC(=O)OC1CCCN(c2nc(-c3n[nH]c(=O)[nH]3)cc3ccccc23)C1. The van der Waals surface area contributed by atoms with Gasteiger partial charge in [0.25, 0.3) is 0 Å². The van der Waals surface area contributed by atoms with E-state index >= 15 is 0 Å². The average molecular weight is 365 g/mol. The Morgan fingerprint density at radius 2 is 2.22 bits per heavy atom. The van der Waals surface area contributed by atoms with Gasteiger partial charge in [0.15, 0.2) is 5.82 Å². The first-order chi connectivity index (χ1) is 13.1. The van der Waals surface area contributed by atoms with Gasteiger partial charge in [0.1, 0.15) is 17.6 Å². The molecule has 1 aliphatic rings. The zero-order valence-electron chi connectivity index (χ0n) is 14.6. The van der Waals surface area contributed by atoms with E-state index in [9.17, 15) is 9.59 Å². The number of nitrogens with zero attached hydrogens (tertiary/aromatic N) is 3. The summed E-state index contributed by atoms with van der Waals surface area (Å²) in [6, 6.07) is 9.81. The number of ether oxygens (including phenoxy) is 1. The molecule has 8 heteroatoms. The number of carbonyl (C=O) groups excluding carboxylic acids is 1. The fourth-order valence-corrected chi connectivity index (χ4v) is 3.37. The number of hydrogen-bond acceptors (Lipinski definition) is 6. The molecule has 0 saturated carbocycles. The van der Waals surface area contributed by atoms with E-state index in [0.717, 1.165) is 36.0 Å². The minimum atomic E-state index is -0.414. The lowest BCUT2D eigenvalue weighted by molar-refractivity contribution is -0.143. The Kier molecular flexibility index (Phi) is 4.45. The summed E-state index contributed by atoms with van der Waals surface area (Å²) in [7, 11) is 0. The number of fused-ring (bicyclic) bond motifs is 1. The number of aromatic amines is 2. The van der Waals surface area contributed by atoms with Gasteiger partial charge in [-0.05, 0) is 24.3 Å². The maximum atomic E-state index is 11.6. The molecule has 3 heterocycles. The number of piperidine rings is 1. The van der Waals surface area contributed by atoms with Crippen molar-refractivity contribution < 1.29 is 9.53 Å². The maximum absolute atomic E-state index is 11.6. The highest BCUT2D eigenvalue weighted by atomic mass is 16.5. The molecule has 0 aliphatic carbocycles. The highest BCUT2D eigenvalue weighted by Crippen LogP contribution is 2.30. The van der Waals surface area contributed by atoms with Gasteiger partial charge in [-0.25, -0.2) is 19.7 Å². The van der Waals surface area contributed by atoms with Crippen LogP contribution in [0.15, 0.2) is 47.8 Å². The van der Waals surface area contributed by atoms with Crippen LogP contribution in [0.2, 0.25) is 0 Å². The number of rotatable bonds is 4. The predicted molar refractivity (Wildman–Crippen MR) is 101 cm³/mol. The molecule has 0 bridgehead atoms. The summed E-state index contributed by atoms with van der Waals surface area (Å²) in [6.45, 7) is 4.81. The van der Waals surface area contributed by atoms with Crippen molar-refractivity contribution in [3.63, 3.8) is 0 Å². The monoisotopic (exact) mass is 365 g/mol. The van der Waals surface area contributed by atoms with Crippen LogP contribution in [-0.2, 0) is 9.53 Å². The van der Waals surface area contributed by atoms with Gasteiger partial charge in [-0.2, -0.15) is 5.10 Å². The van der Waals surface area contributed by atoms with E-state index in [-0.39, 0.29) is 11.8 Å². The molecule has 0 radical (unpaired) electrons. The third kappa shape index (κ3) is 3.46. The van der Waals surface area contributed by atoms with Crippen LogP contribution in [0, 0.1) is 0 Å². The quantitative estimate of drug-likeness (QED) is 0.541. The summed E-state index contributed by atoms with van der Waals surface area (Å²) < 4.78 is 5.43. The normalized spacial score (nSPS) is 17.0. The topological polar surface area (TPSA) is 104 Å². The first-order valence-corrected chi connectivity index (χ1v) is 8.77. The zero-order chi connectivity index (χ0) is 18.8. The number of H-pyrrole nitrogens is 2. The van der Waals surface area contributed by atoms with Crippen LogP contribution in [0.1, 0.15) is 12.8 Å². The number of esters is 1. The van der Waals surface area contributed by atoms with Crippen LogP contribution < -0.4 is 10.6 Å². The van der Waals surface area contributed by atoms with Crippen LogP contribution in [0.3, 0.4) is 0 Å². The van der Waals surface area contributed by atoms with Gasteiger partial charge in [-0.3, -0.25) is 4.98 Å². The number of anilines is 1. The summed E-state index contributed by atoms with van der Waals surface area (Å²) >= 11 is 0. The van der Waals surface area contributed by atoms with E-state index in [2.05, 4.69) is 26.7 Å². The smallest absolute Gasteiger partial charge is 0.340 e. The fourth-order valence-electron chi connectivity index (χ4n) is 3.37. The summed E-state index contributed by atoms with van der Waals surface area (Å²) in [4.78, 5) is 32.5. The molecular formula is C19H19N5O3. The number of pyridine rings is 1. The molecule has 1 saturated heterocycles. The van der Waals surface area contributed by atoms with Gasteiger partial charge >= 0.3 is 11.7 Å². The van der Waals surface area contributed by atoms with E-state index in [1.54, 1.807) is 0 Å². The first-order valence-electron chi connectivity index (χ1n) is 8.77. The molecule has 2 N–H and O–H groups in total. The van der Waals surface area contributed by atoms with Crippen molar-refractivity contribution in [2.45, 2.75) is 18.9 Å². The molecule has 138 valence electrons. The Labute approximate surface area is 154 Å². The van der Waals surface area contributed by atoms with Gasteiger partial charge < -0.3 is 9.64 Å². The fraction of sp³-hybridized carbons (Fsp3) is 0.263. The molecule has 8 nitrogen and oxygen atoms in total. The van der Waals surface area contributed by atoms with E-state index < -0.39 is 5.97 Å². The molecule has 1 atom stereocenters. The van der Waals surface area contributed by atoms with Gasteiger partial charge in [-0.1, -0.05) is 30.8 Å². The van der Waals surface area contributed by atoms with Gasteiger partial charge in [0.2, 0.25) is 0 Å².